The Morgan fingerprint density at radius 2 is 2.35 bits per heavy atom. The molecule has 0 unspecified atom stereocenters. The van der Waals surface area contributed by atoms with Crippen LogP contribution in [-0.2, 0) is 16.0 Å². The molecule has 0 saturated carbocycles. The van der Waals surface area contributed by atoms with Crippen molar-refractivity contribution in [2.45, 2.75) is 37.8 Å². The van der Waals surface area contributed by atoms with Gasteiger partial charge in [-0.05, 0) is 19.4 Å². The molecular formula is C12H21N5O3. The molecule has 0 aliphatic heterocycles. The minimum Gasteiger partial charge on any atom is -0.480 e. The molecular weight excluding hydrogens is 262 g/mol. The second kappa shape index (κ2) is 8.28. The van der Waals surface area contributed by atoms with Crippen molar-refractivity contribution in [3.05, 3.63) is 18.2 Å². The van der Waals surface area contributed by atoms with Crippen molar-refractivity contribution in [1.82, 2.24) is 15.3 Å². The number of carbonyl (C=O) groups excluding carboxylic acids is 1. The van der Waals surface area contributed by atoms with Crippen LogP contribution in [0, 0.1) is 0 Å². The number of aromatic amines is 1. The van der Waals surface area contributed by atoms with E-state index in [1.165, 1.54) is 12.5 Å². The number of nitrogens with two attached hydrogens (primary N) is 2. The maximum absolute atomic E-state index is 12.0. The number of carboxylic acid groups (broad SMARTS) is 1. The van der Waals surface area contributed by atoms with Crippen molar-refractivity contribution in [2.24, 2.45) is 11.5 Å². The van der Waals surface area contributed by atoms with Crippen LogP contribution in [0.25, 0.3) is 0 Å². The zero-order valence-corrected chi connectivity index (χ0v) is 11.1. The smallest absolute Gasteiger partial charge is 0.326 e. The summed E-state index contributed by atoms with van der Waals surface area (Å²) in [5.41, 5.74) is 8.13. The number of rotatable bonds is 10. The van der Waals surface area contributed by atoms with Crippen molar-refractivity contribution >= 4 is 11.9 Å². The van der Waals surface area contributed by atoms with Gasteiger partial charge in [0.1, 0.15) is 7.45 Å². The van der Waals surface area contributed by atoms with Gasteiger partial charge in [-0.15, -0.1) is 0 Å². The standard InChI is InChI=1S/C12H21N5O3/c13-4-2-1-3-9(14)11(18)17-10(12(19)20)5-8-6-15-7-16-8/h6-7,9-10H,1-5,13-14H2,(H,15,16)(H,17,18)(H,19,20)/t9-,10-/m1/s1/i/hD. The number of aliphatic carboxylic acids is 1. The van der Waals surface area contributed by atoms with Crippen molar-refractivity contribution in [3.8, 4) is 0 Å². The minimum absolute atomic E-state index is 0.106. The van der Waals surface area contributed by atoms with Gasteiger partial charge in [-0.25, -0.2) is 9.78 Å². The van der Waals surface area contributed by atoms with Crippen LogP contribution in [0.3, 0.4) is 0 Å². The summed E-state index contributed by atoms with van der Waals surface area (Å²) in [4.78, 5) is 29.8. The number of imidazole rings is 1. The highest BCUT2D eigenvalue weighted by Gasteiger charge is 2.23. The van der Waals surface area contributed by atoms with Gasteiger partial charge in [0.15, 0.2) is 0 Å². The lowest BCUT2D eigenvalue weighted by Gasteiger charge is -2.17. The van der Waals surface area contributed by atoms with Gasteiger partial charge in [0.25, 0.3) is 0 Å². The number of hydrogen-bond donors (Lipinski definition) is 5. The van der Waals surface area contributed by atoms with Crippen molar-refractivity contribution < 1.29 is 16.1 Å². The fourth-order valence-electron chi connectivity index (χ4n) is 1.71. The van der Waals surface area contributed by atoms with Crippen molar-refractivity contribution in [1.29, 1.82) is 0 Å². The zero-order chi connectivity index (χ0) is 15.7. The maximum Gasteiger partial charge on any atom is 0.326 e. The zero-order valence-electron chi connectivity index (χ0n) is 12.1. The largest absolute Gasteiger partial charge is 0.480 e. The lowest BCUT2D eigenvalue weighted by atomic mass is 10.1. The fourth-order valence-corrected chi connectivity index (χ4v) is 1.71. The normalized spacial score (nSPS) is 14.3. The van der Waals surface area contributed by atoms with E-state index >= 15 is 0 Å². The number of H-pyrrole nitrogens is 1. The predicted octanol–water partition coefficient (Wildman–Crippen LogP) is -1.02. The number of aromatic nitrogens is 2. The lowest BCUT2D eigenvalue weighted by Crippen LogP contribution is -2.49. The molecule has 7 N–H and O–H groups in total. The first-order valence-corrected chi connectivity index (χ1v) is 6.46. The van der Waals surface area contributed by atoms with E-state index in [2.05, 4.69) is 21.0 Å². The van der Waals surface area contributed by atoms with Gasteiger partial charge in [0.2, 0.25) is 5.91 Å². The molecule has 112 valence electrons. The molecule has 1 rings (SSSR count). The molecule has 0 bridgehead atoms. The molecule has 0 fully saturated rings. The molecule has 8 heteroatoms. The van der Waals surface area contributed by atoms with E-state index in [1.54, 1.807) is 0 Å². The fraction of sp³-hybridized carbons (Fsp3) is 0.583. The van der Waals surface area contributed by atoms with Gasteiger partial charge < -0.3 is 26.9 Å². The summed E-state index contributed by atoms with van der Waals surface area (Å²) in [6.07, 6.45) is 4.93. The monoisotopic (exact) mass is 284 g/mol. The molecule has 1 heterocycles. The Hall–Kier alpha value is -1.93. The summed E-state index contributed by atoms with van der Waals surface area (Å²) in [6.45, 7) is 0.518. The summed E-state index contributed by atoms with van der Waals surface area (Å²) < 4.78 is 7.17. The number of carbonyl (C=O) groups is 2. The second-order valence-electron chi connectivity index (χ2n) is 4.52. The maximum atomic E-state index is 12.0. The quantitative estimate of drug-likeness (QED) is 0.347. The third-order valence-corrected chi connectivity index (χ3v) is 2.86. The van der Waals surface area contributed by atoms with E-state index in [0.29, 0.717) is 25.1 Å². The van der Waals surface area contributed by atoms with Gasteiger partial charge in [-0.2, -0.15) is 0 Å². The van der Waals surface area contributed by atoms with Crippen LogP contribution in [0.1, 0.15) is 25.0 Å². The topological polar surface area (TPSA) is 147 Å². The number of nitrogens with one attached hydrogen (secondary N) is 2. The van der Waals surface area contributed by atoms with Crippen LogP contribution in [0.2, 0.25) is 1.41 Å². The Labute approximate surface area is 118 Å². The molecule has 1 amide bonds. The SMILES string of the molecule is [2H]N[C@H](CCCCN)C(=O)N[C@H](Cc1cnc[nH]1)C(=O)O. The minimum atomic E-state index is -1.14. The summed E-state index contributed by atoms with van der Waals surface area (Å²) in [5, 5.41) is 11.6. The van der Waals surface area contributed by atoms with E-state index in [4.69, 9.17) is 12.3 Å². The number of nitrogens with zero attached hydrogens (tertiary/aromatic N) is 1. The highest BCUT2D eigenvalue weighted by atomic mass is 16.4. The van der Waals surface area contributed by atoms with Gasteiger partial charge in [-0.1, -0.05) is 6.42 Å². The van der Waals surface area contributed by atoms with Crippen molar-refractivity contribution in [3.63, 3.8) is 0 Å². The van der Waals surface area contributed by atoms with Gasteiger partial charge >= 0.3 is 5.97 Å². The molecule has 1 aromatic rings. The molecule has 20 heavy (non-hydrogen) atoms. The Balaban J connectivity index is 2.56. The Bertz CT molecular complexity index is 440. The Kier molecular flexibility index (Phi) is 6.00. The third kappa shape index (κ3) is 5.37. The molecule has 1 aromatic heterocycles. The number of amides is 1. The van der Waals surface area contributed by atoms with Crippen LogP contribution in [-0.4, -0.2) is 45.6 Å². The molecule has 0 aliphatic rings. The van der Waals surface area contributed by atoms with E-state index in [0.717, 1.165) is 6.42 Å². The van der Waals surface area contributed by atoms with Crippen LogP contribution >= 0.6 is 0 Å². The van der Waals surface area contributed by atoms with Crippen LogP contribution in [0.15, 0.2) is 12.5 Å². The second-order valence-corrected chi connectivity index (χ2v) is 4.52. The Morgan fingerprint density at radius 1 is 1.55 bits per heavy atom. The van der Waals surface area contributed by atoms with Gasteiger partial charge in [-0.3, -0.25) is 4.79 Å². The number of carboxylic acids is 1. The first kappa shape index (κ1) is 14.5. The summed E-state index contributed by atoms with van der Waals surface area (Å²) in [6, 6.07) is -1.82. The highest BCUT2D eigenvalue weighted by Crippen LogP contribution is 2.02. The van der Waals surface area contributed by atoms with E-state index in [9.17, 15) is 9.59 Å². The molecule has 0 aliphatic carbocycles. The van der Waals surface area contributed by atoms with E-state index in [1.807, 2.05) is 0 Å². The molecule has 8 nitrogen and oxygen atoms in total. The van der Waals surface area contributed by atoms with E-state index < -0.39 is 24.0 Å². The first-order valence-electron chi connectivity index (χ1n) is 6.96. The Morgan fingerprint density at radius 3 is 2.90 bits per heavy atom. The molecule has 0 saturated heterocycles. The van der Waals surface area contributed by atoms with Gasteiger partial charge in [0, 0.05) is 18.3 Å². The molecule has 0 aromatic carbocycles. The van der Waals surface area contributed by atoms with Crippen LogP contribution in [0.4, 0.5) is 0 Å². The molecule has 0 radical (unpaired) electrons. The third-order valence-electron chi connectivity index (χ3n) is 2.86. The highest BCUT2D eigenvalue weighted by molar-refractivity contribution is 5.86. The van der Waals surface area contributed by atoms with Gasteiger partial charge in [0.05, 0.1) is 12.4 Å². The molecule has 2 atom stereocenters. The number of unbranched alkanes of at least 4 members (excludes halogenated alkanes) is 1. The first-order chi connectivity index (χ1) is 10.1. The van der Waals surface area contributed by atoms with E-state index in [-0.39, 0.29) is 6.42 Å². The van der Waals surface area contributed by atoms with Crippen LogP contribution < -0.4 is 16.8 Å². The summed E-state index contributed by atoms with van der Waals surface area (Å²) in [7, 11) is 0. The molecule has 0 spiro atoms. The average molecular weight is 284 g/mol. The summed E-state index contributed by atoms with van der Waals surface area (Å²) in [5.74, 6) is -1.64. The summed E-state index contributed by atoms with van der Waals surface area (Å²) >= 11 is 0. The average Bonchev–Trinajstić information content (AvgIpc) is 2.95. The number of hydrogen-bond acceptors (Lipinski definition) is 5. The lowest BCUT2D eigenvalue weighted by molar-refractivity contribution is -0.142. The predicted molar refractivity (Wildman–Crippen MR) is 72.7 cm³/mol. The van der Waals surface area contributed by atoms with Crippen molar-refractivity contribution in [2.75, 3.05) is 6.54 Å². The van der Waals surface area contributed by atoms with Crippen LogP contribution in [0.5, 0.6) is 0 Å².